The first-order valence-corrected chi connectivity index (χ1v) is 9.30. The molecule has 3 rings (SSSR count). The lowest BCUT2D eigenvalue weighted by molar-refractivity contribution is 0.300. The highest BCUT2D eigenvalue weighted by Gasteiger charge is 2.26. The molecule has 0 aliphatic carbocycles. The molecule has 0 radical (unpaired) electrons. The molecule has 2 aromatic heterocycles. The minimum atomic E-state index is 0.519. The molecule has 124 valence electrons. The SMILES string of the molecule is CCCc1nc(CN(C)CC2CCCN2c2cccnn2)cs1. The van der Waals surface area contributed by atoms with Crippen LogP contribution >= 0.6 is 11.3 Å². The summed E-state index contributed by atoms with van der Waals surface area (Å²) in [5.41, 5.74) is 1.20. The highest BCUT2D eigenvalue weighted by molar-refractivity contribution is 7.09. The van der Waals surface area contributed by atoms with Crippen molar-refractivity contribution in [2.45, 2.75) is 45.2 Å². The third-order valence-electron chi connectivity index (χ3n) is 4.25. The first kappa shape index (κ1) is 16.3. The Kier molecular flexibility index (Phi) is 5.56. The van der Waals surface area contributed by atoms with Crippen LogP contribution in [-0.4, -0.2) is 46.3 Å². The third-order valence-corrected chi connectivity index (χ3v) is 5.20. The summed E-state index contributed by atoms with van der Waals surface area (Å²) < 4.78 is 0. The summed E-state index contributed by atoms with van der Waals surface area (Å²) in [4.78, 5) is 9.51. The van der Waals surface area contributed by atoms with Crippen molar-refractivity contribution in [1.82, 2.24) is 20.1 Å². The molecule has 1 atom stereocenters. The molecular weight excluding hydrogens is 306 g/mol. The Morgan fingerprint density at radius 3 is 3.13 bits per heavy atom. The van der Waals surface area contributed by atoms with Crippen molar-refractivity contribution in [2.24, 2.45) is 0 Å². The summed E-state index contributed by atoms with van der Waals surface area (Å²) in [5.74, 6) is 1.00. The van der Waals surface area contributed by atoms with Crippen LogP contribution in [0.5, 0.6) is 0 Å². The highest BCUT2D eigenvalue weighted by atomic mass is 32.1. The van der Waals surface area contributed by atoms with Gasteiger partial charge in [-0.05, 0) is 44.9 Å². The fourth-order valence-corrected chi connectivity index (χ4v) is 4.12. The summed E-state index contributed by atoms with van der Waals surface area (Å²) >= 11 is 1.79. The van der Waals surface area contributed by atoms with Gasteiger partial charge in [-0.3, -0.25) is 4.90 Å². The second kappa shape index (κ2) is 7.84. The van der Waals surface area contributed by atoms with E-state index in [1.807, 2.05) is 6.07 Å². The van der Waals surface area contributed by atoms with Crippen molar-refractivity contribution in [3.63, 3.8) is 0 Å². The van der Waals surface area contributed by atoms with Crippen molar-refractivity contribution in [3.8, 4) is 0 Å². The van der Waals surface area contributed by atoms with Gasteiger partial charge in [-0.2, -0.15) is 5.10 Å². The highest BCUT2D eigenvalue weighted by Crippen LogP contribution is 2.24. The van der Waals surface area contributed by atoms with Gasteiger partial charge in [0.05, 0.1) is 10.7 Å². The minimum Gasteiger partial charge on any atom is -0.351 e. The average Bonchev–Trinajstić information content (AvgIpc) is 3.18. The molecule has 1 unspecified atom stereocenters. The van der Waals surface area contributed by atoms with Crippen molar-refractivity contribution in [1.29, 1.82) is 0 Å². The second-order valence-corrected chi connectivity index (χ2v) is 7.19. The lowest BCUT2D eigenvalue weighted by Crippen LogP contribution is -2.39. The Morgan fingerprint density at radius 1 is 1.43 bits per heavy atom. The van der Waals surface area contributed by atoms with Gasteiger partial charge in [-0.15, -0.1) is 16.4 Å². The number of nitrogens with zero attached hydrogens (tertiary/aromatic N) is 5. The smallest absolute Gasteiger partial charge is 0.151 e. The van der Waals surface area contributed by atoms with Crippen LogP contribution in [0.1, 0.15) is 36.9 Å². The molecule has 23 heavy (non-hydrogen) atoms. The quantitative estimate of drug-likeness (QED) is 0.780. The topological polar surface area (TPSA) is 45.2 Å². The number of aromatic nitrogens is 3. The van der Waals surface area contributed by atoms with E-state index in [1.54, 1.807) is 17.5 Å². The van der Waals surface area contributed by atoms with E-state index < -0.39 is 0 Å². The van der Waals surface area contributed by atoms with Gasteiger partial charge in [0.1, 0.15) is 0 Å². The summed E-state index contributed by atoms with van der Waals surface area (Å²) in [7, 11) is 2.19. The number of hydrogen-bond donors (Lipinski definition) is 0. The van der Waals surface area contributed by atoms with Crippen LogP contribution in [-0.2, 0) is 13.0 Å². The predicted octanol–water partition coefficient (Wildman–Crippen LogP) is 2.99. The molecule has 0 saturated carbocycles. The molecule has 1 saturated heterocycles. The maximum atomic E-state index is 4.73. The van der Waals surface area contributed by atoms with Gasteiger partial charge in [-0.25, -0.2) is 4.98 Å². The Hall–Kier alpha value is -1.53. The van der Waals surface area contributed by atoms with Crippen molar-refractivity contribution in [2.75, 3.05) is 25.0 Å². The first-order chi connectivity index (χ1) is 11.3. The van der Waals surface area contributed by atoms with E-state index >= 15 is 0 Å². The van der Waals surface area contributed by atoms with Gasteiger partial charge in [0.15, 0.2) is 5.82 Å². The van der Waals surface area contributed by atoms with Gasteiger partial charge in [0, 0.05) is 37.3 Å². The number of thiazole rings is 1. The molecule has 1 fully saturated rings. The zero-order chi connectivity index (χ0) is 16.1. The van der Waals surface area contributed by atoms with E-state index in [0.29, 0.717) is 6.04 Å². The van der Waals surface area contributed by atoms with E-state index in [4.69, 9.17) is 4.98 Å². The number of rotatable bonds is 7. The van der Waals surface area contributed by atoms with Gasteiger partial charge in [-0.1, -0.05) is 6.92 Å². The molecule has 2 aromatic rings. The molecule has 1 aliphatic rings. The Morgan fingerprint density at radius 2 is 2.35 bits per heavy atom. The molecule has 0 bridgehead atoms. The van der Waals surface area contributed by atoms with Crippen molar-refractivity contribution < 1.29 is 0 Å². The van der Waals surface area contributed by atoms with E-state index in [9.17, 15) is 0 Å². The predicted molar refractivity (Wildman–Crippen MR) is 94.8 cm³/mol. The first-order valence-electron chi connectivity index (χ1n) is 8.42. The van der Waals surface area contributed by atoms with Gasteiger partial charge >= 0.3 is 0 Å². The van der Waals surface area contributed by atoms with Gasteiger partial charge < -0.3 is 4.90 Å². The number of anilines is 1. The van der Waals surface area contributed by atoms with Crippen molar-refractivity contribution >= 4 is 17.2 Å². The van der Waals surface area contributed by atoms with Crippen LogP contribution < -0.4 is 4.90 Å². The Bertz CT molecular complexity index is 600. The summed E-state index contributed by atoms with van der Waals surface area (Å²) in [5, 5.41) is 11.8. The van der Waals surface area contributed by atoms with Crippen LogP contribution in [0.25, 0.3) is 0 Å². The molecule has 0 aromatic carbocycles. The largest absolute Gasteiger partial charge is 0.351 e. The van der Waals surface area contributed by atoms with Crippen LogP contribution in [0.3, 0.4) is 0 Å². The van der Waals surface area contributed by atoms with Crippen molar-refractivity contribution in [3.05, 3.63) is 34.4 Å². The Labute approximate surface area is 142 Å². The molecule has 0 amide bonds. The maximum Gasteiger partial charge on any atom is 0.151 e. The molecule has 6 heteroatoms. The monoisotopic (exact) mass is 331 g/mol. The second-order valence-electron chi connectivity index (χ2n) is 6.25. The lowest BCUT2D eigenvalue weighted by Gasteiger charge is -2.28. The fourth-order valence-electron chi connectivity index (χ4n) is 3.22. The lowest BCUT2D eigenvalue weighted by atomic mass is 10.2. The van der Waals surface area contributed by atoms with Crippen LogP contribution in [0, 0.1) is 0 Å². The Balaban J connectivity index is 1.57. The molecule has 0 N–H and O–H groups in total. The summed E-state index contributed by atoms with van der Waals surface area (Å²) in [6.07, 6.45) is 6.44. The average molecular weight is 331 g/mol. The van der Waals surface area contributed by atoms with Crippen LogP contribution in [0.15, 0.2) is 23.7 Å². The van der Waals surface area contributed by atoms with E-state index in [0.717, 1.165) is 38.3 Å². The molecule has 0 spiro atoms. The van der Waals surface area contributed by atoms with Gasteiger partial charge in [0.25, 0.3) is 0 Å². The summed E-state index contributed by atoms with van der Waals surface area (Å²) in [6, 6.07) is 4.54. The van der Waals surface area contributed by atoms with Crippen LogP contribution in [0.2, 0.25) is 0 Å². The molecule has 5 nitrogen and oxygen atoms in total. The number of aryl methyl sites for hydroxylation is 1. The number of hydrogen-bond acceptors (Lipinski definition) is 6. The molecule has 1 aliphatic heterocycles. The van der Waals surface area contributed by atoms with E-state index in [2.05, 4.69) is 45.4 Å². The van der Waals surface area contributed by atoms with E-state index in [-0.39, 0.29) is 0 Å². The zero-order valence-corrected chi connectivity index (χ0v) is 14.8. The van der Waals surface area contributed by atoms with E-state index in [1.165, 1.54) is 23.5 Å². The van der Waals surface area contributed by atoms with Crippen LogP contribution in [0.4, 0.5) is 5.82 Å². The third kappa shape index (κ3) is 4.26. The number of likely N-dealkylation sites (N-methyl/N-ethyl adjacent to an activating group) is 1. The fraction of sp³-hybridized carbons (Fsp3) is 0.588. The molecular formula is C17H25N5S. The maximum absolute atomic E-state index is 4.73. The minimum absolute atomic E-state index is 0.519. The zero-order valence-electron chi connectivity index (χ0n) is 14.0. The standard InChI is InChI=1S/C17H25N5S/c1-3-6-17-19-14(13-23-17)11-21(2)12-15-7-5-10-22(15)16-8-4-9-18-20-16/h4,8-9,13,15H,3,5-7,10-12H2,1-2H3. The molecule has 3 heterocycles. The normalized spacial score (nSPS) is 18.0. The van der Waals surface area contributed by atoms with Gasteiger partial charge in [0.2, 0.25) is 0 Å². The summed E-state index contributed by atoms with van der Waals surface area (Å²) in [6.45, 7) is 5.24.